The van der Waals surface area contributed by atoms with Gasteiger partial charge in [0.2, 0.25) is 5.91 Å². The maximum atomic E-state index is 13.2. The Labute approximate surface area is 162 Å². The topological polar surface area (TPSA) is 64.3 Å². The highest BCUT2D eigenvalue weighted by Gasteiger charge is 2.24. The van der Waals surface area contributed by atoms with E-state index in [0.29, 0.717) is 30.4 Å². The summed E-state index contributed by atoms with van der Waals surface area (Å²) in [7, 11) is 0. The van der Waals surface area contributed by atoms with E-state index in [1.165, 1.54) is 9.13 Å². The van der Waals surface area contributed by atoms with Crippen LogP contribution in [0, 0.1) is 0 Å². The highest BCUT2D eigenvalue weighted by molar-refractivity contribution is 5.95. The number of carbonyl (C=O) groups is 1. The molecule has 1 amide bonds. The summed E-state index contributed by atoms with van der Waals surface area (Å²) in [6.07, 6.45) is 2.51. The zero-order valence-corrected chi connectivity index (χ0v) is 15.9. The predicted octanol–water partition coefficient (Wildman–Crippen LogP) is 2.55. The van der Waals surface area contributed by atoms with Crippen molar-refractivity contribution in [2.75, 3.05) is 11.4 Å². The predicted molar refractivity (Wildman–Crippen MR) is 110 cm³/mol. The lowest BCUT2D eigenvalue weighted by molar-refractivity contribution is -0.119. The fraction of sp³-hybridized carbons (Fsp3) is 0.318. The molecule has 144 valence electrons. The molecule has 28 heavy (non-hydrogen) atoms. The van der Waals surface area contributed by atoms with Gasteiger partial charge in [0, 0.05) is 18.8 Å². The number of hydrogen-bond donors (Lipinski definition) is 0. The van der Waals surface area contributed by atoms with Gasteiger partial charge in [-0.05, 0) is 43.0 Å². The van der Waals surface area contributed by atoms with Gasteiger partial charge in [0.1, 0.15) is 6.54 Å². The van der Waals surface area contributed by atoms with Crippen LogP contribution >= 0.6 is 0 Å². The number of aromatic nitrogens is 2. The first-order valence-electron chi connectivity index (χ1n) is 9.72. The van der Waals surface area contributed by atoms with Gasteiger partial charge in [-0.2, -0.15) is 0 Å². The second-order valence-corrected chi connectivity index (χ2v) is 7.12. The van der Waals surface area contributed by atoms with Crippen molar-refractivity contribution in [2.45, 2.75) is 39.3 Å². The standard InChI is InChI=1S/C22H23N3O3/c1-2-13-24-21(27)17-10-4-6-12-19(17)25(22(24)28)15-20(26)23-14-7-9-16-8-3-5-11-18(16)23/h3-6,8,10-12H,2,7,9,13-15H2,1H3. The number of carbonyl (C=O) groups excluding carboxylic acids is 1. The summed E-state index contributed by atoms with van der Waals surface area (Å²) >= 11 is 0. The normalized spacial score (nSPS) is 13.5. The van der Waals surface area contributed by atoms with Crippen molar-refractivity contribution in [1.82, 2.24) is 9.13 Å². The van der Waals surface area contributed by atoms with Crippen molar-refractivity contribution >= 4 is 22.5 Å². The smallest absolute Gasteiger partial charge is 0.311 e. The minimum atomic E-state index is -0.427. The lowest BCUT2D eigenvalue weighted by Gasteiger charge is -2.30. The van der Waals surface area contributed by atoms with E-state index >= 15 is 0 Å². The highest BCUT2D eigenvalue weighted by Crippen LogP contribution is 2.27. The molecule has 0 saturated heterocycles. The third-order valence-corrected chi connectivity index (χ3v) is 5.28. The summed E-state index contributed by atoms with van der Waals surface area (Å²) in [4.78, 5) is 40.6. The van der Waals surface area contributed by atoms with E-state index in [0.717, 1.165) is 24.1 Å². The Bertz CT molecular complexity index is 1160. The third kappa shape index (κ3) is 3.05. The van der Waals surface area contributed by atoms with Gasteiger partial charge < -0.3 is 4.90 Å². The van der Waals surface area contributed by atoms with Crippen LogP contribution in [0.3, 0.4) is 0 Å². The molecule has 3 aromatic rings. The van der Waals surface area contributed by atoms with E-state index in [-0.39, 0.29) is 18.0 Å². The fourth-order valence-corrected chi connectivity index (χ4v) is 3.96. The molecule has 0 aliphatic carbocycles. The summed E-state index contributed by atoms with van der Waals surface area (Å²) in [6, 6.07) is 14.9. The van der Waals surface area contributed by atoms with Crippen LogP contribution in [0.15, 0.2) is 58.1 Å². The zero-order valence-electron chi connectivity index (χ0n) is 15.9. The van der Waals surface area contributed by atoms with Crippen molar-refractivity contribution in [3.8, 4) is 0 Å². The Hall–Kier alpha value is -3.15. The van der Waals surface area contributed by atoms with Gasteiger partial charge in [-0.3, -0.25) is 18.7 Å². The fourth-order valence-electron chi connectivity index (χ4n) is 3.96. The van der Waals surface area contributed by atoms with Gasteiger partial charge in [0.25, 0.3) is 5.56 Å². The molecule has 0 bridgehead atoms. The number of nitrogens with zero attached hydrogens (tertiary/aromatic N) is 3. The number of hydrogen-bond acceptors (Lipinski definition) is 3. The van der Waals surface area contributed by atoms with Gasteiger partial charge in [0.05, 0.1) is 10.9 Å². The third-order valence-electron chi connectivity index (χ3n) is 5.28. The summed E-state index contributed by atoms with van der Waals surface area (Å²) < 4.78 is 2.67. The van der Waals surface area contributed by atoms with E-state index in [1.807, 2.05) is 31.2 Å². The Morgan fingerprint density at radius 1 is 1.00 bits per heavy atom. The molecule has 2 aromatic carbocycles. The molecule has 0 radical (unpaired) electrons. The minimum absolute atomic E-state index is 0.0856. The molecular formula is C22H23N3O3. The SMILES string of the molecule is CCCn1c(=O)c2ccccc2n(CC(=O)N2CCCc3ccccc32)c1=O. The number of para-hydroxylation sites is 2. The van der Waals surface area contributed by atoms with Crippen LogP contribution in [-0.4, -0.2) is 21.6 Å². The van der Waals surface area contributed by atoms with Gasteiger partial charge >= 0.3 is 5.69 Å². The number of benzene rings is 2. The van der Waals surface area contributed by atoms with Gasteiger partial charge in [-0.15, -0.1) is 0 Å². The minimum Gasteiger partial charge on any atom is -0.311 e. The lowest BCUT2D eigenvalue weighted by Crippen LogP contribution is -2.44. The molecule has 1 aromatic heterocycles. The number of anilines is 1. The number of fused-ring (bicyclic) bond motifs is 2. The van der Waals surface area contributed by atoms with E-state index < -0.39 is 5.69 Å². The van der Waals surface area contributed by atoms with Crippen LogP contribution in [0.25, 0.3) is 10.9 Å². The molecule has 0 atom stereocenters. The Balaban J connectivity index is 1.79. The summed E-state index contributed by atoms with van der Waals surface area (Å²) in [6.45, 7) is 2.80. The Morgan fingerprint density at radius 2 is 1.75 bits per heavy atom. The maximum absolute atomic E-state index is 13.2. The summed E-state index contributed by atoms with van der Waals surface area (Å²) in [5.41, 5.74) is 1.84. The monoisotopic (exact) mass is 377 g/mol. The summed E-state index contributed by atoms with van der Waals surface area (Å²) in [5, 5.41) is 0.461. The van der Waals surface area contributed by atoms with Crippen molar-refractivity contribution in [2.24, 2.45) is 0 Å². The molecule has 0 fully saturated rings. The molecule has 0 saturated carbocycles. The molecule has 1 aliphatic heterocycles. The first kappa shape index (κ1) is 18.2. The van der Waals surface area contributed by atoms with Crippen molar-refractivity contribution in [3.05, 3.63) is 74.9 Å². The first-order chi connectivity index (χ1) is 13.6. The number of rotatable bonds is 4. The largest absolute Gasteiger partial charge is 0.331 e. The average Bonchev–Trinajstić information content (AvgIpc) is 2.73. The van der Waals surface area contributed by atoms with E-state index in [9.17, 15) is 14.4 Å². The number of aryl methyl sites for hydroxylation is 1. The maximum Gasteiger partial charge on any atom is 0.331 e. The number of amides is 1. The Morgan fingerprint density at radius 3 is 2.57 bits per heavy atom. The van der Waals surface area contributed by atoms with Crippen LogP contribution < -0.4 is 16.1 Å². The molecular weight excluding hydrogens is 354 g/mol. The molecule has 6 heteroatoms. The van der Waals surface area contributed by atoms with E-state index in [2.05, 4.69) is 0 Å². The molecule has 6 nitrogen and oxygen atoms in total. The van der Waals surface area contributed by atoms with Crippen molar-refractivity contribution in [1.29, 1.82) is 0 Å². The van der Waals surface area contributed by atoms with Crippen molar-refractivity contribution in [3.63, 3.8) is 0 Å². The van der Waals surface area contributed by atoms with Crippen LogP contribution in [0.4, 0.5) is 5.69 Å². The van der Waals surface area contributed by atoms with E-state index in [1.54, 1.807) is 29.2 Å². The summed E-state index contributed by atoms with van der Waals surface area (Å²) in [5.74, 6) is -0.138. The van der Waals surface area contributed by atoms with Crippen LogP contribution in [0.5, 0.6) is 0 Å². The van der Waals surface area contributed by atoms with Gasteiger partial charge in [-0.1, -0.05) is 37.3 Å². The van der Waals surface area contributed by atoms with Gasteiger partial charge in [-0.25, -0.2) is 4.79 Å². The van der Waals surface area contributed by atoms with Crippen LogP contribution in [0.2, 0.25) is 0 Å². The first-order valence-corrected chi connectivity index (χ1v) is 9.72. The molecule has 0 spiro atoms. The zero-order chi connectivity index (χ0) is 19.7. The molecule has 4 rings (SSSR count). The van der Waals surface area contributed by atoms with E-state index in [4.69, 9.17) is 0 Å². The average molecular weight is 377 g/mol. The second-order valence-electron chi connectivity index (χ2n) is 7.12. The lowest BCUT2D eigenvalue weighted by atomic mass is 10.0. The quantitative estimate of drug-likeness (QED) is 0.702. The van der Waals surface area contributed by atoms with Gasteiger partial charge in [0.15, 0.2) is 0 Å². The molecule has 2 heterocycles. The van der Waals surface area contributed by atoms with Crippen LogP contribution in [0.1, 0.15) is 25.3 Å². The molecule has 0 unspecified atom stereocenters. The Kier molecular flexibility index (Phi) is 4.86. The molecule has 0 N–H and O–H groups in total. The van der Waals surface area contributed by atoms with Crippen LogP contribution in [-0.2, 0) is 24.3 Å². The second kappa shape index (κ2) is 7.46. The van der Waals surface area contributed by atoms with Crippen molar-refractivity contribution < 1.29 is 4.79 Å². The molecule has 1 aliphatic rings. The highest BCUT2D eigenvalue weighted by atomic mass is 16.2.